The molecule has 0 bridgehead atoms. The fourth-order valence-corrected chi connectivity index (χ4v) is 2.28. The minimum Gasteiger partial charge on any atom is -0.352 e. The van der Waals surface area contributed by atoms with Gasteiger partial charge in [0.1, 0.15) is 4.33 Å². The minimum atomic E-state index is -0.799. The number of piperidine rings is 1. The first-order valence-corrected chi connectivity index (χ1v) is 5.74. The van der Waals surface area contributed by atoms with E-state index in [9.17, 15) is 4.79 Å². The molecule has 2 unspecified atom stereocenters. The van der Waals surface area contributed by atoms with Crippen molar-refractivity contribution < 1.29 is 4.79 Å². The van der Waals surface area contributed by atoms with Crippen LogP contribution in [0.3, 0.4) is 0 Å². The molecule has 2 atom stereocenters. The van der Waals surface area contributed by atoms with E-state index >= 15 is 0 Å². The van der Waals surface area contributed by atoms with E-state index in [4.69, 9.17) is 23.2 Å². The second kappa shape index (κ2) is 3.87. The van der Waals surface area contributed by atoms with Gasteiger partial charge in [0.25, 0.3) is 0 Å². The molecule has 1 heterocycles. The van der Waals surface area contributed by atoms with Crippen molar-refractivity contribution in [2.45, 2.75) is 29.6 Å². The molecule has 0 aromatic rings. The molecule has 0 spiro atoms. The molecule has 2 N–H and O–H groups in total. The molecule has 14 heavy (non-hydrogen) atoms. The van der Waals surface area contributed by atoms with Crippen LogP contribution in [0.4, 0.5) is 0 Å². The third-order valence-corrected chi connectivity index (χ3v) is 3.62. The van der Waals surface area contributed by atoms with Crippen LogP contribution in [0.5, 0.6) is 0 Å². The van der Waals surface area contributed by atoms with Crippen molar-refractivity contribution in [3.63, 3.8) is 0 Å². The maximum Gasteiger partial charge on any atom is 0.226 e. The van der Waals surface area contributed by atoms with E-state index < -0.39 is 4.33 Å². The summed E-state index contributed by atoms with van der Waals surface area (Å²) >= 11 is 11.6. The van der Waals surface area contributed by atoms with Crippen LogP contribution in [0.25, 0.3) is 0 Å². The zero-order chi connectivity index (χ0) is 10.2. The number of carbonyl (C=O) groups excluding carboxylic acids is 1. The molecule has 2 aliphatic rings. The lowest BCUT2D eigenvalue weighted by molar-refractivity contribution is -0.123. The average molecular weight is 237 g/mol. The maximum absolute atomic E-state index is 11.6. The van der Waals surface area contributed by atoms with Crippen LogP contribution in [0, 0.1) is 5.92 Å². The molecular weight excluding hydrogens is 223 g/mol. The van der Waals surface area contributed by atoms with Gasteiger partial charge in [-0.15, -0.1) is 23.2 Å². The van der Waals surface area contributed by atoms with Gasteiger partial charge in [-0.25, -0.2) is 0 Å². The largest absolute Gasteiger partial charge is 0.352 e. The lowest BCUT2D eigenvalue weighted by atomic mass is 10.1. The van der Waals surface area contributed by atoms with Crippen molar-refractivity contribution in [3.05, 3.63) is 0 Å². The van der Waals surface area contributed by atoms with Gasteiger partial charge in [-0.05, 0) is 25.8 Å². The van der Waals surface area contributed by atoms with Crippen LogP contribution >= 0.6 is 23.2 Å². The third-order valence-electron chi connectivity index (χ3n) is 2.79. The summed E-state index contributed by atoms with van der Waals surface area (Å²) in [6.07, 6.45) is 2.74. The normalized spacial score (nSPS) is 35.0. The molecule has 1 saturated heterocycles. The van der Waals surface area contributed by atoms with E-state index in [-0.39, 0.29) is 17.9 Å². The van der Waals surface area contributed by atoms with E-state index in [0.717, 1.165) is 25.9 Å². The quantitative estimate of drug-likeness (QED) is 0.705. The van der Waals surface area contributed by atoms with Gasteiger partial charge in [-0.3, -0.25) is 4.79 Å². The number of carbonyl (C=O) groups is 1. The third kappa shape index (κ3) is 2.33. The first-order chi connectivity index (χ1) is 6.59. The molecule has 1 saturated carbocycles. The van der Waals surface area contributed by atoms with Gasteiger partial charge < -0.3 is 10.6 Å². The van der Waals surface area contributed by atoms with Gasteiger partial charge in [-0.2, -0.15) is 0 Å². The Morgan fingerprint density at radius 1 is 1.50 bits per heavy atom. The fraction of sp³-hybridized carbons (Fsp3) is 0.889. The molecule has 2 rings (SSSR count). The number of rotatable bonds is 2. The molecule has 0 radical (unpaired) electrons. The molecule has 0 aromatic carbocycles. The Kier molecular flexibility index (Phi) is 2.91. The van der Waals surface area contributed by atoms with Gasteiger partial charge in [0.15, 0.2) is 0 Å². The van der Waals surface area contributed by atoms with E-state index in [0.29, 0.717) is 6.42 Å². The summed E-state index contributed by atoms with van der Waals surface area (Å²) in [5.74, 6) is -0.198. The highest BCUT2D eigenvalue weighted by atomic mass is 35.5. The predicted octanol–water partition coefficient (Wildman–Crippen LogP) is 1.05. The molecule has 1 aliphatic heterocycles. The van der Waals surface area contributed by atoms with Crippen LogP contribution in [0.2, 0.25) is 0 Å². The standard InChI is InChI=1S/C9H14Cl2N2O/c10-9(11)4-7(9)8(14)13-6-2-1-3-12-5-6/h6-7,12H,1-5H2,(H,13,14). The Bertz CT molecular complexity index is 239. The minimum absolute atomic E-state index is 0.00343. The molecular formula is C9H14Cl2N2O. The summed E-state index contributed by atoms with van der Waals surface area (Å²) in [7, 11) is 0. The molecule has 2 fully saturated rings. The van der Waals surface area contributed by atoms with Gasteiger partial charge in [0.05, 0.1) is 5.92 Å². The summed E-state index contributed by atoms with van der Waals surface area (Å²) in [6.45, 7) is 1.90. The van der Waals surface area contributed by atoms with E-state index in [1.54, 1.807) is 0 Å². The van der Waals surface area contributed by atoms with Crippen molar-refractivity contribution in [1.29, 1.82) is 0 Å². The van der Waals surface area contributed by atoms with Crippen LogP contribution in [0.15, 0.2) is 0 Å². The Morgan fingerprint density at radius 2 is 2.21 bits per heavy atom. The van der Waals surface area contributed by atoms with Crippen molar-refractivity contribution in [1.82, 2.24) is 10.6 Å². The van der Waals surface area contributed by atoms with Crippen molar-refractivity contribution in [2.24, 2.45) is 5.92 Å². The summed E-state index contributed by atoms with van der Waals surface area (Å²) < 4.78 is -0.799. The number of hydrogen-bond donors (Lipinski definition) is 2. The highest BCUT2D eigenvalue weighted by Crippen LogP contribution is 2.53. The SMILES string of the molecule is O=C(NC1CCCNC1)C1CC1(Cl)Cl. The number of halogens is 2. The summed E-state index contributed by atoms with van der Waals surface area (Å²) in [5, 5.41) is 6.21. The second-order valence-electron chi connectivity index (χ2n) is 4.07. The van der Waals surface area contributed by atoms with E-state index in [2.05, 4.69) is 10.6 Å². The molecule has 3 nitrogen and oxygen atoms in total. The van der Waals surface area contributed by atoms with Crippen molar-refractivity contribution in [3.8, 4) is 0 Å². The first-order valence-electron chi connectivity index (χ1n) is 4.98. The zero-order valence-corrected chi connectivity index (χ0v) is 9.37. The van der Waals surface area contributed by atoms with Gasteiger partial charge >= 0.3 is 0 Å². The lowest BCUT2D eigenvalue weighted by Gasteiger charge is -2.23. The summed E-state index contributed by atoms with van der Waals surface area (Å²) in [4.78, 5) is 11.6. The van der Waals surface area contributed by atoms with Crippen LogP contribution < -0.4 is 10.6 Å². The number of amides is 1. The molecule has 80 valence electrons. The zero-order valence-electron chi connectivity index (χ0n) is 7.85. The fourth-order valence-electron chi connectivity index (χ4n) is 1.77. The van der Waals surface area contributed by atoms with Crippen LogP contribution in [0.1, 0.15) is 19.3 Å². The van der Waals surface area contributed by atoms with Gasteiger partial charge in [-0.1, -0.05) is 0 Å². The van der Waals surface area contributed by atoms with E-state index in [1.807, 2.05) is 0 Å². The monoisotopic (exact) mass is 236 g/mol. The number of alkyl halides is 2. The number of nitrogens with one attached hydrogen (secondary N) is 2. The summed E-state index contributed by atoms with van der Waals surface area (Å²) in [6, 6.07) is 0.251. The Hall–Kier alpha value is 0.01000. The highest BCUT2D eigenvalue weighted by molar-refractivity contribution is 6.52. The predicted molar refractivity (Wildman–Crippen MR) is 56.6 cm³/mol. The van der Waals surface area contributed by atoms with Gasteiger partial charge in [0.2, 0.25) is 5.91 Å². The summed E-state index contributed by atoms with van der Waals surface area (Å²) in [5.41, 5.74) is 0. The smallest absolute Gasteiger partial charge is 0.226 e. The topological polar surface area (TPSA) is 41.1 Å². The first kappa shape index (κ1) is 10.5. The number of hydrogen-bond acceptors (Lipinski definition) is 2. The van der Waals surface area contributed by atoms with Gasteiger partial charge in [0, 0.05) is 12.6 Å². The van der Waals surface area contributed by atoms with Crippen molar-refractivity contribution >= 4 is 29.1 Å². The molecule has 1 amide bonds. The highest BCUT2D eigenvalue weighted by Gasteiger charge is 2.56. The Morgan fingerprint density at radius 3 is 2.71 bits per heavy atom. The second-order valence-corrected chi connectivity index (χ2v) is 5.61. The van der Waals surface area contributed by atoms with E-state index in [1.165, 1.54) is 0 Å². The lowest BCUT2D eigenvalue weighted by Crippen LogP contribution is -2.46. The molecule has 1 aliphatic carbocycles. The molecule has 5 heteroatoms. The molecule has 0 aromatic heterocycles. The maximum atomic E-state index is 11.6. The van der Waals surface area contributed by atoms with Crippen LogP contribution in [-0.2, 0) is 4.79 Å². The average Bonchev–Trinajstić information content (AvgIpc) is 2.77. The van der Waals surface area contributed by atoms with Crippen LogP contribution in [-0.4, -0.2) is 29.4 Å². The Labute approximate surface area is 93.5 Å². The Balaban J connectivity index is 1.77. The van der Waals surface area contributed by atoms with Crippen molar-refractivity contribution in [2.75, 3.05) is 13.1 Å².